The lowest BCUT2D eigenvalue weighted by Gasteiger charge is -2.34. The van der Waals surface area contributed by atoms with E-state index in [0.29, 0.717) is 49.4 Å². The summed E-state index contributed by atoms with van der Waals surface area (Å²) >= 11 is 13.3. The predicted octanol–water partition coefficient (Wildman–Crippen LogP) is 6.49. The molecule has 6 heteroatoms. The molecule has 0 N–H and O–H groups in total. The highest BCUT2D eigenvalue weighted by Gasteiger charge is 2.40. The van der Waals surface area contributed by atoms with Crippen LogP contribution in [0.4, 0.5) is 0 Å². The Morgan fingerprint density at radius 3 is 1.04 bits per heavy atom. The third kappa shape index (κ3) is 10.9. The Balaban J connectivity index is 5.06. The highest BCUT2D eigenvalue weighted by atomic mass is 35.5. The molecule has 0 fully saturated rings. The van der Waals surface area contributed by atoms with Crippen molar-refractivity contribution in [2.45, 2.75) is 91.2 Å². The van der Waals surface area contributed by atoms with E-state index in [9.17, 15) is 4.46 Å². The standard InChI is InChI=1S/C18H36Cl2O3Si/c1-13(2)9-17(19,10-14(3)4)22-24(21)23-18(20,11-15(5)6)12-16(7)8/h13-16H,9-12H2,1-8H3. The lowest BCUT2D eigenvalue weighted by Crippen LogP contribution is -2.39. The van der Waals surface area contributed by atoms with Gasteiger partial charge in [0.05, 0.1) is 0 Å². The maximum atomic E-state index is 12.6. The number of hydrogen-bond donors (Lipinski definition) is 0. The first-order valence-corrected chi connectivity index (χ1v) is 11.0. The van der Waals surface area contributed by atoms with Gasteiger partial charge in [-0.2, -0.15) is 0 Å². The first kappa shape index (κ1) is 24.2. The normalized spacial score (nSPS) is 13.2. The van der Waals surface area contributed by atoms with Crippen LogP contribution in [0.3, 0.4) is 0 Å². The molecule has 0 aliphatic carbocycles. The molecule has 0 saturated carbocycles. The molecular weight excluding hydrogens is 363 g/mol. The van der Waals surface area contributed by atoms with E-state index in [2.05, 4.69) is 55.4 Å². The fraction of sp³-hybridized carbons (Fsp3) is 1.00. The van der Waals surface area contributed by atoms with Gasteiger partial charge in [0.15, 0.2) is 10.1 Å². The molecule has 0 bridgehead atoms. The Morgan fingerprint density at radius 1 is 0.667 bits per heavy atom. The topological polar surface area (TPSA) is 35.5 Å². The van der Waals surface area contributed by atoms with Crippen molar-refractivity contribution in [1.82, 2.24) is 0 Å². The monoisotopic (exact) mass is 398 g/mol. The molecule has 0 spiro atoms. The summed E-state index contributed by atoms with van der Waals surface area (Å²) in [4.78, 5) is 0. The lowest BCUT2D eigenvalue weighted by molar-refractivity contribution is 0.0128. The van der Waals surface area contributed by atoms with E-state index in [-0.39, 0.29) is 0 Å². The van der Waals surface area contributed by atoms with Crippen LogP contribution in [0.1, 0.15) is 81.1 Å². The smallest absolute Gasteiger partial charge is 0.477 e. The zero-order valence-electron chi connectivity index (χ0n) is 16.6. The molecule has 0 aliphatic rings. The third-order valence-electron chi connectivity index (χ3n) is 3.38. The average molecular weight is 399 g/mol. The summed E-state index contributed by atoms with van der Waals surface area (Å²) < 4.78 is 24.0. The summed E-state index contributed by atoms with van der Waals surface area (Å²) in [6, 6.07) is 0. The van der Waals surface area contributed by atoms with Crippen LogP contribution in [0.15, 0.2) is 0 Å². The van der Waals surface area contributed by atoms with Crippen molar-refractivity contribution in [3.05, 3.63) is 0 Å². The van der Waals surface area contributed by atoms with Crippen molar-refractivity contribution in [2.24, 2.45) is 23.7 Å². The molecule has 0 unspecified atom stereocenters. The van der Waals surface area contributed by atoms with Crippen LogP contribution in [-0.4, -0.2) is 19.3 Å². The molecule has 0 rings (SSSR count). The van der Waals surface area contributed by atoms with Crippen molar-refractivity contribution in [2.75, 3.05) is 0 Å². The summed E-state index contributed by atoms with van der Waals surface area (Å²) in [5.74, 6) is 1.34. The summed E-state index contributed by atoms with van der Waals surface area (Å²) in [6.07, 6.45) is 2.48. The minimum Gasteiger partial charge on any atom is -0.477 e. The summed E-state index contributed by atoms with van der Waals surface area (Å²) in [7, 11) is -2.80. The molecule has 3 nitrogen and oxygen atoms in total. The van der Waals surface area contributed by atoms with Gasteiger partial charge in [-0.3, -0.25) is 4.46 Å². The quantitative estimate of drug-likeness (QED) is 0.278. The lowest BCUT2D eigenvalue weighted by atomic mass is 9.97. The van der Waals surface area contributed by atoms with Gasteiger partial charge in [-0.1, -0.05) is 78.6 Å². The van der Waals surface area contributed by atoms with Gasteiger partial charge in [0.2, 0.25) is 0 Å². The Morgan fingerprint density at radius 2 is 0.875 bits per heavy atom. The minimum absolute atomic E-state index is 0.336. The van der Waals surface area contributed by atoms with Crippen molar-refractivity contribution in [1.29, 1.82) is 0 Å². The van der Waals surface area contributed by atoms with Gasteiger partial charge < -0.3 is 8.85 Å². The van der Waals surface area contributed by atoms with Crippen LogP contribution in [0.25, 0.3) is 0 Å². The molecule has 0 aromatic rings. The van der Waals surface area contributed by atoms with Gasteiger partial charge in [0.1, 0.15) is 0 Å². The van der Waals surface area contributed by atoms with Crippen LogP contribution in [0, 0.1) is 23.7 Å². The molecule has 0 saturated heterocycles. The van der Waals surface area contributed by atoms with Gasteiger partial charge in [0, 0.05) is 25.7 Å². The third-order valence-corrected chi connectivity index (χ3v) is 5.53. The van der Waals surface area contributed by atoms with E-state index < -0.39 is 19.3 Å². The predicted molar refractivity (Wildman–Crippen MR) is 104 cm³/mol. The van der Waals surface area contributed by atoms with E-state index in [0.717, 1.165) is 0 Å². The molecule has 0 heterocycles. The van der Waals surface area contributed by atoms with Gasteiger partial charge in [0.25, 0.3) is 0 Å². The second-order valence-electron chi connectivity index (χ2n) is 8.61. The van der Waals surface area contributed by atoms with Crippen molar-refractivity contribution >= 4 is 32.4 Å². The zero-order valence-corrected chi connectivity index (χ0v) is 19.1. The van der Waals surface area contributed by atoms with E-state index in [4.69, 9.17) is 32.1 Å². The van der Waals surface area contributed by atoms with Gasteiger partial charge >= 0.3 is 9.17 Å². The van der Waals surface area contributed by atoms with Crippen LogP contribution in [0.5, 0.6) is 0 Å². The van der Waals surface area contributed by atoms with Crippen molar-refractivity contribution in [3.8, 4) is 0 Å². The number of alkyl halides is 2. The first-order chi connectivity index (χ1) is 10.8. The Kier molecular flexibility index (Phi) is 10.5. The van der Waals surface area contributed by atoms with Gasteiger partial charge in [-0.25, -0.2) is 0 Å². The summed E-state index contributed by atoms with van der Waals surface area (Å²) in [5, 5.41) is -1.93. The second-order valence-corrected chi connectivity index (χ2v) is 10.9. The largest absolute Gasteiger partial charge is 0.769 e. The SMILES string of the molecule is CC(C)CC(Cl)(CC(C)C)O[Si](=O)OC(Cl)(CC(C)C)CC(C)C. The Bertz CT molecular complexity index is 330. The number of rotatable bonds is 12. The zero-order chi connectivity index (χ0) is 19.1. The maximum absolute atomic E-state index is 12.6. The maximum Gasteiger partial charge on any atom is 0.769 e. The molecule has 0 aromatic carbocycles. The van der Waals surface area contributed by atoms with E-state index in [1.807, 2.05) is 0 Å². The second kappa shape index (κ2) is 10.4. The van der Waals surface area contributed by atoms with Crippen molar-refractivity contribution < 1.29 is 13.3 Å². The Labute approximate surface area is 160 Å². The highest BCUT2D eigenvalue weighted by Crippen LogP contribution is 2.36. The van der Waals surface area contributed by atoms with E-state index >= 15 is 0 Å². The van der Waals surface area contributed by atoms with Gasteiger partial charge in [-0.15, -0.1) is 0 Å². The molecule has 0 atom stereocenters. The van der Waals surface area contributed by atoms with Crippen LogP contribution >= 0.6 is 23.2 Å². The van der Waals surface area contributed by atoms with Crippen LogP contribution in [0.2, 0.25) is 0 Å². The average Bonchev–Trinajstić information content (AvgIpc) is 2.20. The molecule has 0 radical (unpaired) electrons. The molecule has 24 heavy (non-hydrogen) atoms. The molecule has 144 valence electrons. The van der Waals surface area contributed by atoms with E-state index in [1.54, 1.807) is 0 Å². The fourth-order valence-corrected chi connectivity index (χ4v) is 5.68. The number of hydrogen-bond acceptors (Lipinski definition) is 3. The van der Waals surface area contributed by atoms with E-state index in [1.165, 1.54) is 0 Å². The molecular formula is C18H36Cl2O3Si. The van der Waals surface area contributed by atoms with Gasteiger partial charge in [-0.05, 0) is 23.7 Å². The number of halogens is 2. The summed E-state index contributed by atoms with van der Waals surface area (Å²) in [6.45, 7) is 16.6. The first-order valence-electron chi connectivity index (χ1n) is 9.06. The molecule has 0 amide bonds. The minimum atomic E-state index is -2.80. The summed E-state index contributed by atoms with van der Waals surface area (Å²) in [5.41, 5.74) is 0. The Hall–Kier alpha value is 0.197. The fourth-order valence-electron chi connectivity index (χ4n) is 3.09. The van der Waals surface area contributed by atoms with Crippen LogP contribution in [-0.2, 0) is 13.3 Å². The highest BCUT2D eigenvalue weighted by molar-refractivity contribution is 6.33. The molecule has 0 aliphatic heterocycles. The van der Waals surface area contributed by atoms with Crippen LogP contribution < -0.4 is 0 Å². The van der Waals surface area contributed by atoms with Crippen molar-refractivity contribution in [3.63, 3.8) is 0 Å². The molecule has 0 aromatic heterocycles.